The van der Waals surface area contributed by atoms with Crippen LogP contribution in [0.1, 0.15) is 46.3 Å². The molecule has 0 radical (unpaired) electrons. The monoisotopic (exact) mass is 830 g/mol. The number of phenolic OH excluding ortho intramolecular Hbond substituents is 6. The number of hydrogen-bond acceptors (Lipinski definition) is 18. The number of fused-ring (bicyclic) bond motifs is 3. The molecule has 0 bridgehead atoms. The van der Waals surface area contributed by atoms with Gasteiger partial charge >= 0.3 is 29.5 Å². The van der Waals surface area contributed by atoms with E-state index in [4.69, 9.17) is 23.7 Å². The Morgan fingerprint density at radius 1 is 0.700 bits per heavy atom. The third kappa shape index (κ3) is 7.39. The Morgan fingerprint density at radius 2 is 1.33 bits per heavy atom. The van der Waals surface area contributed by atoms with Crippen molar-refractivity contribution >= 4 is 35.8 Å². The number of phenols is 6. The Kier molecular flexibility index (Phi) is 10.2. The van der Waals surface area contributed by atoms with Crippen molar-refractivity contribution in [1.29, 1.82) is 0 Å². The summed E-state index contributed by atoms with van der Waals surface area (Å²) in [5.74, 6) is -15.1. The molecular weight excluding hydrogens is 796 g/mol. The molecule has 0 spiro atoms. The Bertz CT molecular complexity index is 2490. The van der Waals surface area contributed by atoms with Crippen molar-refractivity contribution < 1.29 is 93.9 Å². The van der Waals surface area contributed by atoms with Gasteiger partial charge in [0.2, 0.25) is 0 Å². The zero-order valence-electron chi connectivity index (χ0n) is 30.7. The number of hydrogen-bond donors (Lipinski definition) is 10. The number of carbonyl (C=O) groups excluding carboxylic acids is 3. The molecule has 2 heterocycles. The van der Waals surface area contributed by atoms with Gasteiger partial charge in [-0.2, -0.15) is 0 Å². The zero-order chi connectivity index (χ0) is 43.3. The van der Waals surface area contributed by atoms with Gasteiger partial charge in [0.25, 0.3) is 5.78 Å². The lowest BCUT2D eigenvalue weighted by Crippen LogP contribution is -2.70. The fourth-order valence-electron chi connectivity index (χ4n) is 7.17. The predicted octanol–water partition coefficient (Wildman–Crippen LogP) is 2.42. The molecule has 3 unspecified atom stereocenters. The smallest absolute Gasteiger partial charge is 0.357 e. The average molecular weight is 831 g/mol. The lowest BCUT2D eigenvalue weighted by Gasteiger charge is -2.50. The number of Topliss-reactive ketones (excluding diaryl/α,β-unsaturated/α-hetero) is 1. The Morgan fingerprint density at radius 3 is 2.02 bits per heavy atom. The molecule has 4 aromatic rings. The van der Waals surface area contributed by atoms with Crippen LogP contribution in [0.3, 0.4) is 0 Å². The first kappa shape index (κ1) is 40.7. The van der Waals surface area contributed by atoms with E-state index in [0.29, 0.717) is 0 Å². The lowest BCUT2D eigenvalue weighted by molar-refractivity contribution is -0.316. The number of aromatic hydroxyl groups is 6. The summed E-state index contributed by atoms with van der Waals surface area (Å²) >= 11 is 0. The highest BCUT2D eigenvalue weighted by molar-refractivity contribution is 6.08. The van der Waals surface area contributed by atoms with Gasteiger partial charge in [-0.15, -0.1) is 0 Å². The topological polar surface area (TPSA) is 317 Å². The number of aliphatic carboxylic acids is 1. The number of aliphatic hydroxyl groups is 3. The van der Waals surface area contributed by atoms with E-state index in [2.05, 4.69) is 0 Å². The lowest BCUT2D eigenvalue weighted by atomic mass is 9.77. The summed E-state index contributed by atoms with van der Waals surface area (Å²) in [4.78, 5) is 51.8. The number of carbonyl (C=O) groups is 4. The molecule has 3 aliphatic rings. The highest BCUT2D eigenvalue weighted by Gasteiger charge is 2.71. The van der Waals surface area contributed by atoms with E-state index in [1.54, 1.807) is 0 Å². The van der Waals surface area contributed by atoms with Crippen LogP contribution in [0.25, 0.3) is 12.2 Å². The summed E-state index contributed by atoms with van der Waals surface area (Å²) in [5.41, 5.74) is -2.39. The van der Waals surface area contributed by atoms with Gasteiger partial charge in [-0.1, -0.05) is 12.1 Å². The summed E-state index contributed by atoms with van der Waals surface area (Å²) in [6.07, 6.45) is -2.72. The van der Waals surface area contributed by atoms with Crippen LogP contribution in [0.5, 0.6) is 51.7 Å². The second kappa shape index (κ2) is 15.0. The van der Waals surface area contributed by atoms with Crippen LogP contribution in [-0.4, -0.2) is 104 Å². The van der Waals surface area contributed by atoms with E-state index in [1.165, 1.54) is 42.5 Å². The van der Waals surface area contributed by atoms with Crippen molar-refractivity contribution in [3.8, 4) is 51.7 Å². The third-order valence-corrected chi connectivity index (χ3v) is 9.95. The Hall–Kier alpha value is -7.48. The normalized spacial score (nSPS) is 25.5. The van der Waals surface area contributed by atoms with Crippen LogP contribution in [0.15, 0.2) is 78.9 Å². The first-order valence-corrected chi connectivity index (χ1v) is 17.8. The zero-order valence-corrected chi connectivity index (χ0v) is 30.7. The van der Waals surface area contributed by atoms with Gasteiger partial charge < -0.3 is 74.7 Å². The molecule has 4 aromatic carbocycles. The van der Waals surface area contributed by atoms with Crippen LogP contribution in [0.2, 0.25) is 0 Å². The second-order valence-corrected chi connectivity index (χ2v) is 14.2. The van der Waals surface area contributed by atoms with E-state index in [0.717, 1.165) is 48.6 Å². The number of aliphatic hydroxyl groups excluding tert-OH is 2. The average Bonchev–Trinajstić information content (AvgIpc) is 3.16. The van der Waals surface area contributed by atoms with Crippen molar-refractivity contribution in [3.05, 3.63) is 101 Å². The second-order valence-electron chi connectivity index (χ2n) is 14.2. The third-order valence-electron chi connectivity index (χ3n) is 9.95. The van der Waals surface area contributed by atoms with E-state index >= 15 is 0 Å². The molecule has 7 rings (SSSR count). The van der Waals surface area contributed by atoms with E-state index < -0.39 is 124 Å². The van der Waals surface area contributed by atoms with Gasteiger partial charge in [-0.25, -0.2) is 9.59 Å². The van der Waals surface area contributed by atoms with Crippen LogP contribution in [-0.2, 0) is 29.6 Å². The summed E-state index contributed by atoms with van der Waals surface area (Å²) < 4.78 is 28.8. The number of rotatable bonds is 9. The molecule has 19 nitrogen and oxygen atoms in total. The number of ether oxygens (including phenoxy) is 5. The maximum absolute atomic E-state index is 13.9. The number of benzene rings is 4. The van der Waals surface area contributed by atoms with E-state index in [9.17, 15) is 70.2 Å². The standard InChI is InChI=1S/C41H34O19/c42-22-14-27(47)36-31(15-22)59-41(21-5-7-24(44)26(46)13-21)40(55,38(36)54)57-29-8-2-20(12-30(29)58-41)4-10-35(52)60-39(18-33(49)50)16-28(48)37(53)32(17-39)56-34(51)9-3-19-1-6-23(43)25(45)11-19/h1-15,28,32,37,42-48,53,55H,16-18H2,(H,49,50)/b9-3+,10-4+/t28-,32-,37+,39?,40?,41?/m1/s1. The molecule has 2 aliphatic heterocycles. The van der Waals surface area contributed by atoms with Crippen molar-refractivity contribution in [3.63, 3.8) is 0 Å². The predicted molar refractivity (Wildman–Crippen MR) is 199 cm³/mol. The van der Waals surface area contributed by atoms with Gasteiger partial charge in [-0.3, -0.25) is 9.59 Å². The van der Waals surface area contributed by atoms with Gasteiger partial charge in [0, 0.05) is 42.7 Å². The summed E-state index contributed by atoms with van der Waals surface area (Å²) in [7, 11) is 0. The van der Waals surface area contributed by atoms with E-state index in [1.807, 2.05) is 0 Å². The fourth-order valence-corrected chi connectivity index (χ4v) is 7.17. The van der Waals surface area contributed by atoms with Gasteiger partial charge in [0.15, 0.2) is 34.5 Å². The molecule has 10 N–H and O–H groups in total. The van der Waals surface area contributed by atoms with Crippen molar-refractivity contribution in [2.45, 2.75) is 54.7 Å². The molecule has 1 aliphatic carbocycles. The van der Waals surface area contributed by atoms with Crippen molar-refractivity contribution in [2.24, 2.45) is 0 Å². The molecule has 312 valence electrons. The van der Waals surface area contributed by atoms with Crippen molar-refractivity contribution in [1.82, 2.24) is 0 Å². The van der Waals surface area contributed by atoms with Gasteiger partial charge in [0.1, 0.15) is 40.6 Å². The molecule has 19 heteroatoms. The summed E-state index contributed by atoms with van der Waals surface area (Å²) in [5, 5.41) is 103. The molecule has 6 atom stereocenters. The minimum atomic E-state index is -3.11. The quantitative estimate of drug-likeness (QED) is 0.0658. The first-order chi connectivity index (χ1) is 28.3. The molecule has 0 amide bonds. The molecular formula is C41H34O19. The summed E-state index contributed by atoms with van der Waals surface area (Å²) in [6.45, 7) is 0. The van der Waals surface area contributed by atoms with Crippen LogP contribution in [0.4, 0.5) is 0 Å². The minimum absolute atomic E-state index is 0.174. The van der Waals surface area contributed by atoms with Gasteiger partial charge in [-0.05, 0) is 65.7 Å². The molecule has 0 saturated heterocycles. The molecule has 0 aromatic heterocycles. The number of carboxylic acid groups (broad SMARTS) is 1. The summed E-state index contributed by atoms with van der Waals surface area (Å²) in [6, 6.07) is 12.4. The maximum atomic E-state index is 13.9. The van der Waals surface area contributed by atoms with Gasteiger partial charge in [0.05, 0.1) is 12.5 Å². The first-order valence-electron chi connectivity index (χ1n) is 17.8. The van der Waals surface area contributed by atoms with Crippen LogP contribution in [0, 0.1) is 0 Å². The van der Waals surface area contributed by atoms with Crippen molar-refractivity contribution in [2.75, 3.05) is 0 Å². The highest BCUT2D eigenvalue weighted by Crippen LogP contribution is 2.55. The largest absolute Gasteiger partial charge is 0.508 e. The number of carboxylic acids is 1. The van der Waals surface area contributed by atoms with Crippen LogP contribution < -0.4 is 14.2 Å². The van der Waals surface area contributed by atoms with E-state index in [-0.39, 0.29) is 28.2 Å². The highest BCUT2D eigenvalue weighted by atomic mass is 16.8. The number of ketones is 1. The van der Waals surface area contributed by atoms with Crippen LogP contribution >= 0.6 is 0 Å². The molecule has 1 saturated carbocycles. The Labute approximate surface area is 337 Å². The fraction of sp³-hybridized carbons (Fsp3) is 0.220. The number of esters is 2. The Balaban J connectivity index is 1.14. The molecule has 60 heavy (non-hydrogen) atoms. The minimum Gasteiger partial charge on any atom is -0.508 e. The maximum Gasteiger partial charge on any atom is 0.357 e. The SMILES string of the molecule is O=C(O)CC1(OC(=O)/C=C/c2ccc3c(c2)OC2(c4ccc(O)c(O)c4)Oc4cc(O)cc(O)c4C(=O)C2(O)O3)C[C@@H](O)[C@H](O)[C@H](OC(=O)/C=C/c2ccc(O)c(O)c2)C1. The molecule has 1 fully saturated rings.